The summed E-state index contributed by atoms with van der Waals surface area (Å²) in [5.41, 5.74) is 4.35. The molecule has 2 aromatic rings. The number of hydrogen-bond donors (Lipinski definition) is 1. The van der Waals surface area contributed by atoms with Crippen molar-refractivity contribution in [2.75, 3.05) is 0 Å². The van der Waals surface area contributed by atoms with Crippen LogP contribution in [0, 0.1) is 5.82 Å². The smallest absolute Gasteiger partial charge is 0.320 e. The molecule has 0 aliphatic rings. The molecule has 2 rings (SSSR count). The minimum atomic E-state index is -4.71. The Hall–Kier alpha value is -1.40. The van der Waals surface area contributed by atoms with E-state index >= 15 is 0 Å². The molecule has 18 heavy (non-hydrogen) atoms. The van der Waals surface area contributed by atoms with Gasteiger partial charge in [-0.15, -0.1) is 11.3 Å². The second-order valence-electron chi connectivity index (χ2n) is 3.70. The monoisotopic (exact) mass is 275 g/mol. The fourth-order valence-electron chi connectivity index (χ4n) is 1.63. The number of thiophene rings is 1. The molecule has 0 spiro atoms. The predicted octanol–water partition coefficient (Wildman–Crippen LogP) is 3.95. The van der Waals surface area contributed by atoms with E-state index < -0.39 is 23.6 Å². The van der Waals surface area contributed by atoms with E-state index in [1.165, 1.54) is 17.4 Å². The number of alkyl halides is 3. The first-order valence-electron chi connectivity index (χ1n) is 5.06. The molecule has 0 saturated heterocycles. The topological polar surface area (TPSA) is 26.0 Å². The van der Waals surface area contributed by atoms with E-state index in [1.807, 2.05) is 0 Å². The van der Waals surface area contributed by atoms with E-state index in [2.05, 4.69) is 0 Å². The molecule has 1 nitrogen and oxygen atoms in total. The third-order valence-corrected chi connectivity index (χ3v) is 3.47. The Labute approximate surface area is 105 Å². The van der Waals surface area contributed by atoms with Crippen LogP contribution in [0.1, 0.15) is 22.0 Å². The maximum absolute atomic E-state index is 13.8. The lowest BCUT2D eigenvalue weighted by molar-refractivity contribution is -0.140. The molecule has 96 valence electrons. The molecule has 0 aliphatic carbocycles. The summed E-state index contributed by atoms with van der Waals surface area (Å²) in [6.45, 7) is 0. The first-order chi connectivity index (χ1) is 8.41. The van der Waals surface area contributed by atoms with Crippen LogP contribution in [0.15, 0.2) is 35.7 Å². The number of benzene rings is 1. The Bertz CT molecular complexity index is 534. The van der Waals surface area contributed by atoms with Crippen molar-refractivity contribution in [3.8, 4) is 0 Å². The van der Waals surface area contributed by atoms with Gasteiger partial charge in [0.2, 0.25) is 0 Å². The number of rotatable bonds is 2. The SMILES string of the molecule is N[C@H](c1cccs1)c1cccc(C(F)(F)F)c1F. The highest BCUT2D eigenvalue weighted by Crippen LogP contribution is 2.35. The van der Waals surface area contributed by atoms with Crippen molar-refractivity contribution < 1.29 is 17.6 Å². The molecule has 6 heteroatoms. The van der Waals surface area contributed by atoms with Gasteiger partial charge in [-0.2, -0.15) is 13.2 Å². The van der Waals surface area contributed by atoms with Crippen LogP contribution in [-0.2, 0) is 6.18 Å². The van der Waals surface area contributed by atoms with E-state index in [9.17, 15) is 17.6 Å². The molecule has 1 aromatic heterocycles. The molecule has 0 unspecified atom stereocenters. The van der Waals surface area contributed by atoms with Crippen LogP contribution in [0.5, 0.6) is 0 Å². The van der Waals surface area contributed by atoms with Gasteiger partial charge in [-0.05, 0) is 17.5 Å². The fourth-order valence-corrected chi connectivity index (χ4v) is 2.38. The van der Waals surface area contributed by atoms with Crippen molar-refractivity contribution in [3.63, 3.8) is 0 Å². The zero-order chi connectivity index (χ0) is 13.3. The summed E-state index contributed by atoms with van der Waals surface area (Å²) in [5.74, 6) is -1.30. The predicted molar refractivity (Wildman–Crippen MR) is 61.8 cm³/mol. The van der Waals surface area contributed by atoms with Crippen molar-refractivity contribution in [1.82, 2.24) is 0 Å². The molecule has 0 aliphatic heterocycles. The molecule has 2 N–H and O–H groups in total. The van der Waals surface area contributed by atoms with Gasteiger partial charge in [-0.1, -0.05) is 18.2 Å². The zero-order valence-electron chi connectivity index (χ0n) is 9.04. The molecule has 1 aromatic carbocycles. The highest BCUT2D eigenvalue weighted by atomic mass is 32.1. The van der Waals surface area contributed by atoms with Crippen LogP contribution in [0.3, 0.4) is 0 Å². The van der Waals surface area contributed by atoms with Crippen LogP contribution in [0.25, 0.3) is 0 Å². The van der Waals surface area contributed by atoms with E-state index in [1.54, 1.807) is 17.5 Å². The normalized spacial score (nSPS) is 13.6. The highest BCUT2D eigenvalue weighted by molar-refractivity contribution is 7.10. The van der Waals surface area contributed by atoms with Crippen LogP contribution in [0.2, 0.25) is 0 Å². The summed E-state index contributed by atoms with van der Waals surface area (Å²) in [4.78, 5) is 0.619. The number of hydrogen-bond acceptors (Lipinski definition) is 2. The first-order valence-corrected chi connectivity index (χ1v) is 5.94. The second kappa shape index (κ2) is 4.70. The minimum absolute atomic E-state index is 0.146. The Morgan fingerprint density at radius 2 is 1.83 bits per heavy atom. The van der Waals surface area contributed by atoms with E-state index in [0.717, 1.165) is 6.07 Å². The van der Waals surface area contributed by atoms with Crippen LogP contribution in [-0.4, -0.2) is 0 Å². The third-order valence-electron chi connectivity index (χ3n) is 2.52. The molecule has 0 amide bonds. The number of nitrogens with two attached hydrogens (primary N) is 1. The molecule has 0 radical (unpaired) electrons. The van der Waals surface area contributed by atoms with Crippen molar-refractivity contribution in [2.24, 2.45) is 5.73 Å². The Balaban J connectivity index is 2.47. The summed E-state index contributed by atoms with van der Waals surface area (Å²) < 4.78 is 51.5. The van der Waals surface area contributed by atoms with E-state index in [4.69, 9.17) is 5.73 Å². The van der Waals surface area contributed by atoms with Crippen LogP contribution >= 0.6 is 11.3 Å². The lowest BCUT2D eigenvalue weighted by Gasteiger charge is -2.15. The standard InChI is InChI=1S/C12H9F4NS/c13-10-7(11(17)9-5-2-6-18-9)3-1-4-8(10)12(14,15)16/h1-6,11H,17H2/t11-/m0/s1. The fraction of sp³-hybridized carbons (Fsp3) is 0.167. The average molecular weight is 275 g/mol. The summed E-state index contributed by atoms with van der Waals surface area (Å²) >= 11 is 1.27. The van der Waals surface area contributed by atoms with Gasteiger partial charge in [-0.3, -0.25) is 0 Å². The van der Waals surface area contributed by atoms with Gasteiger partial charge in [0, 0.05) is 10.4 Å². The maximum Gasteiger partial charge on any atom is 0.419 e. The molecule has 0 saturated carbocycles. The maximum atomic E-state index is 13.8. The van der Waals surface area contributed by atoms with Crippen molar-refractivity contribution in [2.45, 2.75) is 12.2 Å². The summed E-state index contributed by atoms with van der Waals surface area (Å²) in [6.07, 6.45) is -4.71. The van der Waals surface area contributed by atoms with Crippen LogP contribution in [0.4, 0.5) is 17.6 Å². The third kappa shape index (κ3) is 2.39. The summed E-state index contributed by atoms with van der Waals surface area (Å²) in [7, 11) is 0. The molecule has 0 bridgehead atoms. The Morgan fingerprint density at radius 3 is 2.39 bits per heavy atom. The van der Waals surface area contributed by atoms with Crippen molar-refractivity contribution >= 4 is 11.3 Å². The average Bonchev–Trinajstić information content (AvgIpc) is 2.80. The molecular weight excluding hydrogens is 266 g/mol. The van der Waals surface area contributed by atoms with Crippen LogP contribution < -0.4 is 5.73 Å². The van der Waals surface area contributed by atoms with Gasteiger partial charge in [-0.25, -0.2) is 4.39 Å². The Morgan fingerprint density at radius 1 is 1.11 bits per heavy atom. The lowest BCUT2D eigenvalue weighted by Crippen LogP contribution is -2.16. The van der Waals surface area contributed by atoms with E-state index in [0.29, 0.717) is 10.9 Å². The van der Waals surface area contributed by atoms with Gasteiger partial charge in [0.15, 0.2) is 0 Å². The minimum Gasteiger partial charge on any atom is -0.320 e. The highest BCUT2D eigenvalue weighted by Gasteiger charge is 2.35. The number of halogens is 4. The van der Waals surface area contributed by atoms with Gasteiger partial charge < -0.3 is 5.73 Å². The lowest BCUT2D eigenvalue weighted by atomic mass is 10.0. The molecule has 1 heterocycles. The van der Waals surface area contributed by atoms with Gasteiger partial charge >= 0.3 is 6.18 Å². The van der Waals surface area contributed by atoms with Crippen molar-refractivity contribution in [3.05, 3.63) is 57.5 Å². The molecular formula is C12H9F4NS. The zero-order valence-corrected chi connectivity index (χ0v) is 9.86. The van der Waals surface area contributed by atoms with Gasteiger partial charge in [0.25, 0.3) is 0 Å². The summed E-state index contributed by atoms with van der Waals surface area (Å²) in [5, 5.41) is 1.74. The molecule has 1 atom stereocenters. The largest absolute Gasteiger partial charge is 0.419 e. The van der Waals surface area contributed by atoms with Crippen molar-refractivity contribution in [1.29, 1.82) is 0 Å². The van der Waals surface area contributed by atoms with Gasteiger partial charge in [0.05, 0.1) is 11.6 Å². The summed E-state index contributed by atoms with van der Waals surface area (Å²) in [6, 6.07) is 5.64. The second-order valence-corrected chi connectivity index (χ2v) is 4.68. The Kier molecular flexibility index (Phi) is 3.41. The van der Waals surface area contributed by atoms with E-state index in [-0.39, 0.29) is 5.56 Å². The first kappa shape index (κ1) is 13.0. The quantitative estimate of drug-likeness (QED) is 0.825. The molecule has 0 fully saturated rings. The van der Waals surface area contributed by atoms with Gasteiger partial charge in [0.1, 0.15) is 5.82 Å².